The summed E-state index contributed by atoms with van der Waals surface area (Å²) in [4.78, 5) is 0. The van der Waals surface area contributed by atoms with E-state index < -0.39 is 0 Å². The van der Waals surface area contributed by atoms with Crippen LogP contribution < -0.4 is 0 Å². The molecule has 2 heteroatoms. The van der Waals surface area contributed by atoms with Crippen LogP contribution >= 0.6 is 23.2 Å². The van der Waals surface area contributed by atoms with Gasteiger partial charge in [0, 0.05) is 0 Å². The molecule has 0 spiro atoms. The summed E-state index contributed by atoms with van der Waals surface area (Å²) in [5.41, 5.74) is 3.06. The van der Waals surface area contributed by atoms with Gasteiger partial charge in [-0.1, -0.05) is 36.4 Å². The van der Waals surface area contributed by atoms with E-state index in [1.165, 1.54) is 28.3 Å². The van der Waals surface area contributed by atoms with Crippen molar-refractivity contribution in [2.75, 3.05) is 0 Å². The van der Waals surface area contributed by atoms with E-state index in [0.717, 1.165) is 0 Å². The van der Waals surface area contributed by atoms with Gasteiger partial charge in [0.15, 0.2) is 0 Å². The molecule has 2 aromatic carbocycles. The second-order valence-electron chi connectivity index (χ2n) is 6.30. The van der Waals surface area contributed by atoms with Crippen molar-refractivity contribution < 1.29 is 0 Å². The Morgan fingerprint density at radius 3 is 1.84 bits per heavy atom. The fourth-order valence-electron chi connectivity index (χ4n) is 5.07. The zero-order chi connectivity index (χ0) is 12.7. The molecule has 0 aromatic heterocycles. The average molecular weight is 289 g/mol. The third-order valence-corrected chi connectivity index (χ3v) is 6.98. The van der Waals surface area contributed by atoms with E-state index in [-0.39, 0.29) is 10.8 Å². The second kappa shape index (κ2) is 3.48. The van der Waals surface area contributed by atoms with E-state index in [4.69, 9.17) is 23.2 Å². The van der Waals surface area contributed by atoms with Crippen molar-refractivity contribution in [1.82, 2.24) is 0 Å². The van der Waals surface area contributed by atoms with Gasteiger partial charge in [-0.2, -0.15) is 0 Å². The molecule has 2 fully saturated rings. The van der Waals surface area contributed by atoms with Crippen LogP contribution in [-0.4, -0.2) is 10.8 Å². The standard InChI is InChI=1S/C17H14Cl2/c18-16-11-7-12(17(16)19)15-10-6-2-4-8-3-1-5-9(13(8)10)14(11)15/h1-6,11-12,14-17H,7H2/t11-,12+,14+,15-,16-,17-/m1/s1. The Morgan fingerprint density at radius 2 is 1.32 bits per heavy atom. The molecule has 2 bridgehead atoms. The summed E-state index contributed by atoms with van der Waals surface area (Å²) in [6, 6.07) is 13.5. The monoisotopic (exact) mass is 288 g/mol. The molecule has 19 heavy (non-hydrogen) atoms. The summed E-state index contributed by atoms with van der Waals surface area (Å²) < 4.78 is 0. The minimum atomic E-state index is 0.150. The molecule has 2 aromatic rings. The molecule has 2 saturated carbocycles. The van der Waals surface area contributed by atoms with Crippen LogP contribution in [0.5, 0.6) is 0 Å². The Bertz CT molecular complexity index is 638. The molecule has 5 rings (SSSR count). The Labute approximate surface area is 122 Å². The highest BCUT2D eigenvalue weighted by Crippen LogP contribution is 2.67. The number of alkyl halides is 2. The predicted molar refractivity (Wildman–Crippen MR) is 80.3 cm³/mol. The van der Waals surface area contributed by atoms with E-state index in [9.17, 15) is 0 Å². The van der Waals surface area contributed by atoms with Crippen molar-refractivity contribution in [1.29, 1.82) is 0 Å². The smallest absolute Gasteiger partial charge is 0.0537 e. The van der Waals surface area contributed by atoms with Crippen LogP contribution in [0.2, 0.25) is 0 Å². The lowest BCUT2D eigenvalue weighted by atomic mass is 9.77. The highest BCUT2D eigenvalue weighted by atomic mass is 35.5. The quantitative estimate of drug-likeness (QED) is 0.606. The molecule has 3 aliphatic rings. The molecule has 0 nitrogen and oxygen atoms in total. The Hall–Kier alpha value is -0.720. The maximum atomic E-state index is 6.57. The zero-order valence-corrected chi connectivity index (χ0v) is 11.9. The summed E-state index contributed by atoms with van der Waals surface area (Å²) in [6.07, 6.45) is 1.21. The summed E-state index contributed by atoms with van der Waals surface area (Å²) in [5, 5.41) is 3.17. The van der Waals surface area contributed by atoms with Gasteiger partial charge in [0.2, 0.25) is 0 Å². The van der Waals surface area contributed by atoms with Gasteiger partial charge >= 0.3 is 0 Å². The lowest BCUT2D eigenvalue weighted by Crippen LogP contribution is -2.31. The average Bonchev–Trinajstić information content (AvgIpc) is 3.05. The van der Waals surface area contributed by atoms with Crippen molar-refractivity contribution >= 4 is 34.0 Å². The second-order valence-corrected chi connectivity index (χ2v) is 7.30. The van der Waals surface area contributed by atoms with Crippen LogP contribution in [0, 0.1) is 11.8 Å². The molecule has 0 saturated heterocycles. The molecular formula is C17H14Cl2. The molecule has 0 aliphatic heterocycles. The maximum Gasteiger partial charge on any atom is 0.0537 e. The Morgan fingerprint density at radius 1 is 0.789 bits per heavy atom. The first-order valence-corrected chi connectivity index (χ1v) is 7.94. The van der Waals surface area contributed by atoms with Crippen LogP contribution in [0.15, 0.2) is 36.4 Å². The molecule has 0 heterocycles. The minimum absolute atomic E-state index is 0.150. The van der Waals surface area contributed by atoms with Crippen LogP contribution in [0.4, 0.5) is 0 Å². The van der Waals surface area contributed by atoms with Crippen molar-refractivity contribution in [2.24, 2.45) is 11.8 Å². The first kappa shape index (κ1) is 11.0. The number of fused-ring (bicyclic) bond motifs is 7. The van der Waals surface area contributed by atoms with E-state index in [1.807, 2.05) is 0 Å². The largest absolute Gasteiger partial charge is 0.121 e. The first-order valence-electron chi connectivity index (χ1n) is 7.07. The van der Waals surface area contributed by atoms with E-state index in [1.54, 1.807) is 0 Å². The van der Waals surface area contributed by atoms with E-state index >= 15 is 0 Å². The van der Waals surface area contributed by atoms with Gasteiger partial charge in [0.25, 0.3) is 0 Å². The Balaban J connectivity index is 1.82. The van der Waals surface area contributed by atoms with Gasteiger partial charge in [0.05, 0.1) is 10.8 Å². The van der Waals surface area contributed by atoms with Crippen molar-refractivity contribution in [3.05, 3.63) is 47.5 Å². The predicted octanol–water partition coefficient (Wildman–Crippen LogP) is 4.89. The normalized spacial score (nSPS) is 42.0. The van der Waals surface area contributed by atoms with E-state index in [0.29, 0.717) is 23.7 Å². The van der Waals surface area contributed by atoms with Crippen molar-refractivity contribution in [3.63, 3.8) is 0 Å². The van der Waals surface area contributed by atoms with Crippen molar-refractivity contribution in [2.45, 2.75) is 29.0 Å². The van der Waals surface area contributed by atoms with E-state index in [2.05, 4.69) is 36.4 Å². The molecule has 3 aliphatic carbocycles. The molecule has 0 amide bonds. The van der Waals surface area contributed by atoms with Gasteiger partial charge < -0.3 is 0 Å². The topological polar surface area (TPSA) is 0 Å². The summed E-state index contributed by atoms with van der Waals surface area (Å²) in [5.74, 6) is 2.36. The number of rotatable bonds is 0. The summed E-state index contributed by atoms with van der Waals surface area (Å²) in [7, 11) is 0. The fraction of sp³-hybridized carbons (Fsp3) is 0.412. The highest BCUT2D eigenvalue weighted by molar-refractivity contribution is 6.31. The number of halogens is 2. The van der Waals surface area contributed by atoms with Crippen LogP contribution in [-0.2, 0) is 0 Å². The van der Waals surface area contributed by atoms with Gasteiger partial charge in [-0.3, -0.25) is 0 Å². The van der Waals surface area contributed by atoms with Gasteiger partial charge in [-0.25, -0.2) is 0 Å². The molecule has 6 atom stereocenters. The molecule has 0 N–H and O–H groups in total. The van der Waals surface area contributed by atoms with Crippen LogP contribution in [0.1, 0.15) is 29.4 Å². The third kappa shape index (κ3) is 1.15. The number of hydrogen-bond donors (Lipinski definition) is 0. The fourth-order valence-corrected chi connectivity index (χ4v) is 5.96. The van der Waals surface area contributed by atoms with Crippen LogP contribution in [0.3, 0.4) is 0 Å². The number of hydrogen-bond acceptors (Lipinski definition) is 0. The third-order valence-electron chi connectivity index (χ3n) is 5.66. The van der Waals surface area contributed by atoms with Gasteiger partial charge in [0.1, 0.15) is 0 Å². The Kier molecular flexibility index (Phi) is 2.01. The lowest BCUT2D eigenvalue weighted by Gasteiger charge is -2.33. The van der Waals surface area contributed by atoms with Crippen molar-refractivity contribution in [3.8, 4) is 0 Å². The highest BCUT2D eigenvalue weighted by Gasteiger charge is 2.60. The molecule has 96 valence electrons. The minimum Gasteiger partial charge on any atom is -0.121 e. The summed E-state index contributed by atoms with van der Waals surface area (Å²) in [6.45, 7) is 0. The summed E-state index contributed by atoms with van der Waals surface area (Å²) >= 11 is 13.1. The SMILES string of the molecule is Cl[C@H]1[C@H](Cl)[C@@H]2C[C@H]1[C@H]1c3cccc4cccc(c34)[C@@H]21. The number of benzene rings is 2. The maximum absolute atomic E-state index is 6.57. The zero-order valence-electron chi connectivity index (χ0n) is 10.4. The van der Waals surface area contributed by atoms with Gasteiger partial charge in [-0.05, 0) is 52.0 Å². The molecule has 0 radical (unpaired) electrons. The first-order chi connectivity index (χ1) is 9.27. The molecular weight excluding hydrogens is 275 g/mol. The lowest BCUT2D eigenvalue weighted by molar-refractivity contribution is 0.390. The molecule has 0 unspecified atom stereocenters. The van der Waals surface area contributed by atoms with Gasteiger partial charge in [-0.15, -0.1) is 23.2 Å². The van der Waals surface area contributed by atoms with Crippen LogP contribution in [0.25, 0.3) is 10.8 Å².